The van der Waals surface area contributed by atoms with Crippen LogP contribution in [-0.4, -0.2) is 15.0 Å². The smallest absolute Gasteiger partial charge is 0.164 e. The van der Waals surface area contributed by atoms with E-state index in [4.69, 9.17) is 15.0 Å². The first kappa shape index (κ1) is 32.9. The van der Waals surface area contributed by atoms with Crippen molar-refractivity contribution in [1.29, 1.82) is 5.26 Å². The lowest BCUT2D eigenvalue weighted by Crippen LogP contribution is -2.56. The van der Waals surface area contributed by atoms with E-state index in [9.17, 15) is 5.26 Å². The molecule has 8 aromatic rings. The summed E-state index contributed by atoms with van der Waals surface area (Å²) in [7, 11) is 0. The van der Waals surface area contributed by atoms with Crippen molar-refractivity contribution >= 4 is 21.5 Å². The lowest BCUT2D eigenvalue weighted by atomic mass is 9.41. The first-order valence-electron chi connectivity index (χ1n) is 20.0. The zero-order valence-corrected chi connectivity index (χ0v) is 31.2. The minimum atomic E-state index is 0.152. The Bertz CT molecular complexity index is 2840. The van der Waals surface area contributed by atoms with Gasteiger partial charge in [0, 0.05) is 16.7 Å². The quantitative estimate of drug-likeness (QED) is 0.172. The normalized spacial score (nSPS) is 22.3. The lowest BCUT2D eigenvalue weighted by molar-refractivity contribution is -0.0275. The molecule has 4 nitrogen and oxygen atoms in total. The Kier molecular flexibility index (Phi) is 7.54. The molecule has 2 atom stereocenters. The van der Waals surface area contributed by atoms with Gasteiger partial charge in [-0.15, -0.1) is 0 Å². The standard InChI is InChI=1S/C52H40N4/c53-32-43-15-7-17-46-45(43)16-8-18-47(46)52-30-34-25-35(31-52)29-51(28-34,33-52)44-23-21-37(22-24-44)40-13-6-14-41(26-40)49-54-48(38-10-2-1-3-11-38)55-50(56-49)42-20-19-36-9-4-5-12-39(36)27-42/h1-24,26-27,34-35H,25,28-31,33H2. The first-order chi connectivity index (χ1) is 27.5. The van der Waals surface area contributed by atoms with Crippen molar-refractivity contribution in [2.24, 2.45) is 11.8 Å². The van der Waals surface area contributed by atoms with Gasteiger partial charge in [-0.25, -0.2) is 15.0 Å². The van der Waals surface area contributed by atoms with Crippen molar-refractivity contribution in [2.75, 3.05) is 0 Å². The number of fused-ring (bicyclic) bond motifs is 2. The summed E-state index contributed by atoms with van der Waals surface area (Å²) in [4.78, 5) is 15.1. The number of aromatic nitrogens is 3. The van der Waals surface area contributed by atoms with Crippen LogP contribution in [0.3, 0.4) is 0 Å². The predicted molar refractivity (Wildman–Crippen MR) is 226 cm³/mol. The molecule has 4 aliphatic carbocycles. The fourth-order valence-electron chi connectivity index (χ4n) is 11.3. The highest BCUT2D eigenvalue weighted by Crippen LogP contribution is 2.66. The van der Waals surface area contributed by atoms with Crippen LogP contribution in [0.2, 0.25) is 0 Å². The molecule has 4 fully saturated rings. The number of rotatable bonds is 6. The van der Waals surface area contributed by atoms with Crippen LogP contribution in [0.25, 0.3) is 66.8 Å². The Morgan fingerprint density at radius 3 is 1.82 bits per heavy atom. The fourth-order valence-corrected chi connectivity index (χ4v) is 11.3. The Morgan fingerprint density at radius 2 is 1.05 bits per heavy atom. The van der Waals surface area contributed by atoms with Gasteiger partial charge in [0.15, 0.2) is 17.5 Å². The van der Waals surface area contributed by atoms with E-state index in [1.807, 2.05) is 24.3 Å². The van der Waals surface area contributed by atoms with Crippen molar-refractivity contribution in [3.05, 3.63) is 174 Å². The summed E-state index contributed by atoms with van der Waals surface area (Å²) in [5, 5.41) is 14.6. The molecule has 4 bridgehead atoms. The Morgan fingerprint density at radius 1 is 0.464 bits per heavy atom. The fraction of sp³-hybridized carbons (Fsp3) is 0.192. The van der Waals surface area contributed by atoms with E-state index in [1.165, 1.54) is 66.0 Å². The van der Waals surface area contributed by atoms with Crippen molar-refractivity contribution < 1.29 is 0 Å². The van der Waals surface area contributed by atoms with Crippen LogP contribution in [0.5, 0.6) is 0 Å². The SMILES string of the molecule is N#Cc1cccc2c(C34CC5CC(CC(c6ccc(-c7cccc(-c8nc(-c9ccccc9)nc(-c9ccc%10ccccc%10c9)n8)c7)cc6)(C5)C3)C4)cccc12. The third kappa shape index (κ3) is 5.45. The average Bonchev–Trinajstić information content (AvgIpc) is 3.25. The third-order valence-corrected chi connectivity index (χ3v) is 13.3. The highest BCUT2D eigenvalue weighted by molar-refractivity contribution is 5.91. The number of nitrogens with zero attached hydrogens (tertiary/aromatic N) is 4. The van der Waals surface area contributed by atoms with E-state index in [0.29, 0.717) is 17.5 Å². The van der Waals surface area contributed by atoms with Gasteiger partial charge in [-0.1, -0.05) is 140 Å². The van der Waals surface area contributed by atoms with Crippen LogP contribution in [0.4, 0.5) is 0 Å². The van der Waals surface area contributed by atoms with Gasteiger partial charge < -0.3 is 0 Å². The second-order valence-corrected chi connectivity index (χ2v) is 16.7. The highest BCUT2D eigenvalue weighted by Gasteiger charge is 2.58. The summed E-state index contributed by atoms with van der Waals surface area (Å²) in [5.41, 5.74) is 9.30. The Hall–Kier alpha value is -6.44. The number of benzene rings is 7. The van der Waals surface area contributed by atoms with E-state index >= 15 is 0 Å². The molecule has 12 rings (SSSR count). The predicted octanol–water partition coefficient (Wildman–Crippen LogP) is 12.5. The van der Waals surface area contributed by atoms with E-state index in [0.717, 1.165) is 50.4 Å². The summed E-state index contributed by atoms with van der Waals surface area (Å²) in [6.07, 6.45) is 7.61. The molecule has 4 saturated carbocycles. The lowest BCUT2D eigenvalue weighted by Gasteiger charge is -2.63. The summed E-state index contributed by atoms with van der Waals surface area (Å²) in [5.74, 6) is 3.47. The molecule has 0 saturated heterocycles. The number of nitriles is 1. The molecule has 0 aliphatic heterocycles. The maximum atomic E-state index is 9.91. The van der Waals surface area contributed by atoms with Gasteiger partial charge in [0.2, 0.25) is 0 Å². The summed E-state index contributed by atoms with van der Waals surface area (Å²) in [6.45, 7) is 0. The molecule has 0 N–H and O–H groups in total. The van der Waals surface area contributed by atoms with Crippen molar-refractivity contribution in [3.63, 3.8) is 0 Å². The molecule has 1 heterocycles. The van der Waals surface area contributed by atoms with Crippen molar-refractivity contribution in [2.45, 2.75) is 49.4 Å². The Labute approximate surface area is 327 Å². The molecule has 0 radical (unpaired) electrons. The van der Waals surface area contributed by atoms with Crippen LogP contribution >= 0.6 is 0 Å². The minimum absolute atomic E-state index is 0.152. The van der Waals surface area contributed by atoms with Crippen molar-refractivity contribution in [1.82, 2.24) is 15.0 Å². The van der Waals surface area contributed by atoms with Gasteiger partial charge in [0.25, 0.3) is 0 Å². The van der Waals surface area contributed by atoms with Gasteiger partial charge in [0.05, 0.1) is 11.6 Å². The van der Waals surface area contributed by atoms with Gasteiger partial charge in [-0.05, 0) is 123 Å². The maximum absolute atomic E-state index is 9.91. The first-order valence-corrected chi connectivity index (χ1v) is 20.0. The molecule has 7 aromatic carbocycles. The number of hydrogen-bond donors (Lipinski definition) is 0. The van der Waals surface area contributed by atoms with E-state index in [1.54, 1.807) is 0 Å². The average molecular weight is 721 g/mol. The zero-order chi connectivity index (χ0) is 37.3. The van der Waals surface area contributed by atoms with Crippen molar-refractivity contribution in [3.8, 4) is 51.4 Å². The zero-order valence-electron chi connectivity index (χ0n) is 31.2. The summed E-state index contributed by atoms with van der Waals surface area (Å²) >= 11 is 0. The molecule has 1 aromatic heterocycles. The molecule has 0 amide bonds. The largest absolute Gasteiger partial charge is 0.208 e. The van der Waals surface area contributed by atoms with E-state index < -0.39 is 0 Å². The molecule has 0 spiro atoms. The second-order valence-electron chi connectivity index (χ2n) is 16.7. The molecular formula is C52H40N4. The van der Waals surface area contributed by atoms with Crippen LogP contribution in [0, 0.1) is 23.2 Å². The van der Waals surface area contributed by atoms with Crippen LogP contribution in [-0.2, 0) is 10.8 Å². The highest BCUT2D eigenvalue weighted by atomic mass is 15.0. The summed E-state index contributed by atoms with van der Waals surface area (Å²) in [6, 6.07) is 58.6. The number of hydrogen-bond acceptors (Lipinski definition) is 4. The monoisotopic (exact) mass is 720 g/mol. The molecule has 4 heteroatoms. The molecule has 268 valence electrons. The van der Waals surface area contributed by atoms with Gasteiger partial charge in [-0.3, -0.25) is 0 Å². The minimum Gasteiger partial charge on any atom is -0.208 e. The molecule has 2 unspecified atom stereocenters. The van der Waals surface area contributed by atoms with Gasteiger partial charge >= 0.3 is 0 Å². The van der Waals surface area contributed by atoms with Crippen LogP contribution < -0.4 is 0 Å². The molecule has 56 heavy (non-hydrogen) atoms. The summed E-state index contributed by atoms with van der Waals surface area (Å²) < 4.78 is 0. The van der Waals surface area contributed by atoms with E-state index in [2.05, 4.69) is 140 Å². The van der Waals surface area contributed by atoms with Crippen LogP contribution in [0.1, 0.15) is 55.2 Å². The molecular weight excluding hydrogens is 681 g/mol. The Balaban J connectivity index is 0.941. The van der Waals surface area contributed by atoms with Gasteiger partial charge in [0.1, 0.15) is 0 Å². The second kappa shape index (κ2) is 12.8. The van der Waals surface area contributed by atoms with Crippen LogP contribution in [0.15, 0.2) is 158 Å². The third-order valence-electron chi connectivity index (χ3n) is 13.3. The topological polar surface area (TPSA) is 62.5 Å². The van der Waals surface area contributed by atoms with Gasteiger partial charge in [-0.2, -0.15) is 5.26 Å². The maximum Gasteiger partial charge on any atom is 0.164 e. The van der Waals surface area contributed by atoms with E-state index in [-0.39, 0.29) is 10.8 Å². The molecule has 4 aliphatic rings.